The molecule has 0 aliphatic carbocycles. The SMILES string of the molecule is Cc1ccc(-c2nc(C)c(C(C)NC(=O)c3cn[nH]n3)s2)cc1. The molecule has 6 nitrogen and oxygen atoms in total. The average Bonchev–Trinajstić information content (AvgIpc) is 3.17. The highest BCUT2D eigenvalue weighted by atomic mass is 32.1. The van der Waals surface area contributed by atoms with Gasteiger partial charge in [0, 0.05) is 5.56 Å². The Bertz CT molecular complexity index is 808. The van der Waals surface area contributed by atoms with E-state index < -0.39 is 0 Å². The van der Waals surface area contributed by atoms with Crippen LogP contribution >= 0.6 is 11.3 Å². The maximum Gasteiger partial charge on any atom is 0.273 e. The fourth-order valence-electron chi connectivity index (χ4n) is 2.28. The van der Waals surface area contributed by atoms with E-state index in [1.54, 1.807) is 11.3 Å². The van der Waals surface area contributed by atoms with E-state index in [9.17, 15) is 4.79 Å². The number of carbonyl (C=O) groups is 1. The monoisotopic (exact) mass is 327 g/mol. The van der Waals surface area contributed by atoms with Gasteiger partial charge in [-0.1, -0.05) is 29.8 Å². The molecule has 1 unspecified atom stereocenters. The number of amides is 1. The number of carbonyl (C=O) groups excluding carboxylic acids is 1. The second-order valence-corrected chi connectivity index (χ2v) is 6.42. The fourth-order valence-corrected chi connectivity index (χ4v) is 3.35. The number of aromatic nitrogens is 4. The van der Waals surface area contributed by atoms with Gasteiger partial charge in [0.2, 0.25) is 0 Å². The van der Waals surface area contributed by atoms with Gasteiger partial charge < -0.3 is 5.32 Å². The first-order valence-corrected chi connectivity index (χ1v) is 8.07. The van der Waals surface area contributed by atoms with Gasteiger partial charge in [-0.05, 0) is 20.8 Å². The summed E-state index contributed by atoms with van der Waals surface area (Å²) in [5, 5.41) is 13.7. The summed E-state index contributed by atoms with van der Waals surface area (Å²) in [6, 6.07) is 8.13. The van der Waals surface area contributed by atoms with Crippen LogP contribution in [-0.4, -0.2) is 26.3 Å². The van der Waals surface area contributed by atoms with Gasteiger partial charge in [0.1, 0.15) is 5.01 Å². The normalized spacial score (nSPS) is 12.1. The molecule has 3 aromatic rings. The molecule has 0 saturated heterocycles. The third-order valence-corrected chi connectivity index (χ3v) is 4.91. The number of aryl methyl sites for hydroxylation is 2. The molecule has 118 valence electrons. The van der Waals surface area contributed by atoms with E-state index in [4.69, 9.17) is 0 Å². The van der Waals surface area contributed by atoms with E-state index in [1.165, 1.54) is 11.8 Å². The molecule has 2 heterocycles. The first-order valence-electron chi connectivity index (χ1n) is 7.25. The lowest BCUT2D eigenvalue weighted by atomic mass is 10.2. The van der Waals surface area contributed by atoms with E-state index in [2.05, 4.69) is 56.9 Å². The van der Waals surface area contributed by atoms with Gasteiger partial charge in [-0.15, -0.1) is 11.3 Å². The second kappa shape index (κ2) is 6.29. The second-order valence-electron chi connectivity index (χ2n) is 5.39. The molecule has 0 aliphatic heterocycles. The number of rotatable bonds is 4. The number of thiazole rings is 1. The summed E-state index contributed by atoms with van der Waals surface area (Å²) in [6.45, 7) is 5.96. The summed E-state index contributed by atoms with van der Waals surface area (Å²) in [5.41, 5.74) is 3.51. The van der Waals surface area contributed by atoms with Crippen molar-refractivity contribution in [2.75, 3.05) is 0 Å². The maximum absolute atomic E-state index is 12.1. The molecule has 1 amide bonds. The summed E-state index contributed by atoms with van der Waals surface area (Å²) < 4.78 is 0. The smallest absolute Gasteiger partial charge is 0.273 e. The molecule has 0 radical (unpaired) electrons. The van der Waals surface area contributed by atoms with Crippen molar-refractivity contribution in [1.29, 1.82) is 0 Å². The Kier molecular flexibility index (Phi) is 4.20. The van der Waals surface area contributed by atoms with Gasteiger partial charge >= 0.3 is 0 Å². The van der Waals surface area contributed by atoms with Crippen molar-refractivity contribution in [3.63, 3.8) is 0 Å². The van der Waals surface area contributed by atoms with Crippen LogP contribution in [0.1, 0.15) is 39.6 Å². The van der Waals surface area contributed by atoms with Crippen molar-refractivity contribution in [3.05, 3.63) is 52.3 Å². The number of H-pyrrole nitrogens is 1. The van der Waals surface area contributed by atoms with Crippen LogP contribution in [-0.2, 0) is 0 Å². The zero-order valence-corrected chi connectivity index (χ0v) is 13.9. The topological polar surface area (TPSA) is 83.6 Å². The zero-order valence-electron chi connectivity index (χ0n) is 13.1. The molecule has 0 fully saturated rings. The van der Waals surface area contributed by atoms with Crippen molar-refractivity contribution >= 4 is 17.2 Å². The molecule has 2 aromatic heterocycles. The first kappa shape index (κ1) is 15.4. The van der Waals surface area contributed by atoms with Gasteiger partial charge in [-0.3, -0.25) is 4.79 Å². The standard InChI is InChI=1S/C16H17N5OS/c1-9-4-6-12(7-5-9)16-19-11(3)14(23-16)10(2)18-15(22)13-8-17-21-20-13/h4-8,10H,1-3H3,(H,18,22)(H,17,20,21). The molecule has 0 aliphatic rings. The number of nitrogens with zero attached hydrogens (tertiary/aromatic N) is 3. The molecule has 1 aromatic carbocycles. The van der Waals surface area contributed by atoms with Gasteiger partial charge in [0.25, 0.3) is 5.91 Å². The minimum atomic E-state index is -0.254. The van der Waals surface area contributed by atoms with Crippen LogP contribution in [0.5, 0.6) is 0 Å². The number of hydrogen-bond donors (Lipinski definition) is 2. The van der Waals surface area contributed by atoms with Crippen molar-refractivity contribution in [1.82, 2.24) is 25.7 Å². The quantitative estimate of drug-likeness (QED) is 0.771. The minimum Gasteiger partial charge on any atom is -0.343 e. The molecular formula is C16H17N5OS. The summed E-state index contributed by atoms with van der Waals surface area (Å²) in [7, 11) is 0. The van der Waals surface area contributed by atoms with E-state index in [0.717, 1.165) is 21.1 Å². The van der Waals surface area contributed by atoms with E-state index >= 15 is 0 Å². The van der Waals surface area contributed by atoms with E-state index in [1.807, 2.05) is 13.8 Å². The summed E-state index contributed by atoms with van der Waals surface area (Å²) in [4.78, 5) is 17.7. The summed E-state index contributed by atoms with van der Waals surface area (Å²) >= 11 is 1.60. The first-order chi connectivity index (χ1) is 11.0. The zero-order chi connectivity index (χ0) is 16.4. The predicted molar refractivity (Wildman–Crippen MR) is 89.3 cm³/mol. The summed E-state index contributed by atoms with van der Waals surface area (Å²) in [5.74, 6) is -0.254. The van der Waals surface area contributed by atoms with Crippen molar-refractivity contribution in [2.24, 2.45) is 0 Å². The molecule has 1 atom stereocenters. The van der Waals surface area contributed by atoms with Crippen LogP contribution in [0.3, 0.4) is 0 Å². The van der Waals surface area contributed by atoms with Crippen LogP contribution in [0.15, 0.2) is 30.5 Å². The lowest BCUT2D eigenvalue weighted by Gasteiger charge is -2.11. The van der Waals surface area contributed by atoms with Crippen molar-refractivity contribution in [2.45, 2.75) is 26.8 Å². The maximum atomic E-state index is 12.1. The fraction of sp³-hybridized carbons (Fsp3) is 0.250. The van der Waals surface area contributed by atoms with Crippen LogP contribution in [0.2, 0.25) is 0 Å². The van der Waals surface area contributed by atoms with Crippen LogP contribution in [0.25, 0.3) is 10.6 Å². The third kappa shape index (κ3) is 3.29. The van der Waals surface area contributed by atoms with Crippen molar-refractivity contribution < 1.29 is 4.79 Å². The highest BCUT2D eigenvalue weighted by molar-refractivity contribution is 7.15. The van der Waals surface area contributed by atoms with Crippen LogP contribution in [0.4, 0.5) is 0 Å². The van der Waals surface area contributed by atoms with E-state index in [0.29, 0.717) is 0 Å². The van der Waals surface area contributed by atoms with Crippen LogP contribution in [0, 0.1) is 13.8 Å². The minimum absolute atomic E-state index is 0.143. The number of hydrogen-bond acceptors (Lipinski definition) is 5. The Morgan fingerprint density at radius 1 is 1.26 bits per heavy atom. The number of benzene rings is 1. The summed E-state index contributed by atoms with van der Waals surface area (Å²) in [6.07, 6.45) is 1.40. The highest BCUT2D eigenvalue weighted by Gasteiger charge is 2.19. The molecular weight excluding hydrogens is 310 g/mol. The average molecular weight is 327 g/mol. The Morgan fingerprint density at radius 3 is 2.65 bits per heavy atom. The van der Waals surface area contributed by atoms with Crippen molar-refractivity contribution in [3.8, 4) is 10.6 Å². The van der Waals surface area contributed by atoms with Gasteiger partial charge in [-0.25, -0.2) is 4.98 Å². The van der Waals surface area contributed by atoms with Gasteiger partial charge in [-0.2, -0.15) is 15.4 Å². The molecule has 3 rings (SSSR count). The molecule has 7 heteroatoms. The Morgan fingerprint density at radius 2 is 2.00 bits per heavy atom. The Labute approximate surface area is 138 Å². The van der Waals surface area contributed by atoms with Crippen LogP contribution < -0.4 is 5.32 Å². The third-order valence-electron chi connectivity index (χ3n) is 3.52. The largest absolute Gasteiger partial charge is 0.343 e. The number of nitrogens with one attached hydrogen (secondary N) is 2. The van der Waals surface area contributed by atoms with Gasteiger partial charge in [0.05, 0.1) is 22.8 Å². The molecule has 23 heavy (non-hydrogen) atoms. The molecule has 0 bridgehead atoms. The van der Waals surface area contributed by atoms with Gasteiger partial charge in [0.15, 0.2) is 5.69 Å². The highest BCUT2D eigenvalue weighted by Crippen LogP contribution is 2.31. The number of aromatic amines is 1. The Hall–Kier alpha value is -2.54. The lowest BCUT2D eigenvalue weighted by molar-refractivity contribution is 0.0935. The lowest BCUT2D eigenvalue weighted by Crippen LogP contribution is -2.26. The van der Waals surface area contributed by atoms with E-state index in [-0.39, 0.29) is 17.6 Å². The predicted octanol–water partition coefficient (Wildman–Crippen LogP) is 3.04. The Balaban J connectivity index is 1.80. The molecule has 0 saturated carbocycles. The molecule has 2 N–H and O–H groups in total. The molecule has 0 spiro atoms.